The molecule has 1 atom stereocenters. The summed E-state index contributed by atoms with van der Waals surface area (Å²) in [6.45, 7) is 4.12. The van der Waals surface area contributed by atoms with Gasteiger partial charge in [0.25, 0.3) is 0 Å². The smallest absolute Gasteiger partial charge is 0.311 e. The Morgan fingerprint density at radius 1 is 1.20 bits per heavy atom. The minimum atomic E-state index is -0.975. The number of carbonyl (C=O) groups is 2. The molecule has 2 heterocycles. The number of amides is 1. The number of carbonyl (C=O) groups excluding carboxylic acids is 1. The molecule has 128 valence electrons. The molecule has 0 bridgehead atoms. The molecule has 1 amide bonds. The summed E-state index contributed by atoms with van der Waals surface area (Å²) in [6, 6.07) is 11.6. The predicted molar refractivity (Wildman–Crippen MR) is 93.9 cm³/mol. The Hall–Kier alpha value is -2.82. The number of fused-ring (bicyclic) bond motifs is 2. The van der Waals surface area contributed by atoms with Crippen LogP contribution >= 0.6 is 0 Å². The summed E-state index contributed by atoms with van der Waals surface area (Å²) in [6.07, 6.45) is 0.812. The van der Waals surface area contributed by atoms with Crippen molar-refractivity contribution in [2.75, 3.05) is 5.32 Å². The maximum Gasteiger partial charge on any atom is 0.311 e. The SMILES string of the molecule is CC1(C)Cc2cc(-c3ccc4c(c3)C(C(=O)O)CC(=O)N4)ccc2O1. The average molecular weight is 337 g/mol. The average Bonchev–Trinajstić information content (AvgIpc) is 2.86. The van der Waals surface area contributed by atoms with E-state index in [0.29, 0.717) is 11.3 Å². The lowest BCUT2D eigenvalue weighted by Crippen LogP contribution is -2.27. The lowest BCUT2D eigenvalue weighted by Gasteiger charge is -2.23. The van der Waals surface area contributed by atoms with Gasteiger partial charge in [0, 0.05) is 18.5 Å². The summed E-state index contributed by atoms with van der Waals surface area (Å²) >= 11 is 0. The van der Waals surface area contributed by atoms with Crippen LogP contribution in [0.3, 0.4) is 0 Å². The summed E-state index contributed by atoms with van der Waals surface area (Å²) in [4.78, 5) is 23.2. The molecule has 4 rings (SSSR count). The van der Waals surface area contributed by atoms with Crippen LogP contribution in [0.4, 0.5) is 5.69 Å². The van der Waals surface area contributed by atoms with Crippen LogP contribution < -0.4 is 10.1 Å². The van der Waals surface area contributed by atoms with E-state index in [0.717, 1.165) is 28.9 Å². The van der Waals surface area contributed by atoms with Gasteiger partial charge in [-0.3, -0.25) is 9.59 Å². The molecule has 0 saturated heterocycles. The van der Waals surface area contributed by atoms with E-state index in [-0.39, 0.29) is 17.9 Å². The number of carboxylic acid groups (broad SMARTS) is 1. The molecule has 2 aromatic carbocycles. The number of nitrogens with one attached hydrogen (secondary N) is 1. The van der Waals surface area contributed by atoms with E-state index in [2.05, 4.69) is 25.2 Å². The Bertz CT molecular complexity index is 901. The van der Waals surface area contributed by atoms with E-state index in [1.165, 1.54) is 0 Å². The molecule has 0 saturated carbocycles. The molecular formula is C20H19NO4. The second-order valence-corrected chi connectivity index (χ2v) is 7.31. The van der Waals surface area contributed by atoms with E-state index in [9.17, 15) is 14.7 Å². The summed E-state index contributed by atoms with van der Waals surface area (Å²) < 4.78 is 5.91. The van der Waals surface area contributed by atoms with Crippen molar-refractivity contribution in [2.45, 2.75) is 38.2 Å². The van der Waals surface area contributed by atoms with Gasteiger partial charge in [-0.05, 0) is 60.4 Å². The zero-order chi connectivity index (χ0) is 17.8. The van der Waals surface area contributed by atoms with Gasteiger partial charge < -0.3 is 15.2 Å². The van der Waals surface area contributed by atoms with Crippen LogP contribution in [-0.4, -0.2) is 22.6 Å². The van der Waals surface area contributed by atoms with Crippen molar-refractivity contribution in [3.63, 3.8) is 0 Å². The number of ether oxygens (including phenoxy) is 1. The molecule has 2 aromatic rings. The summed E-state index contributed by atoms with van der Waals surface area (Å²) in [7, 11) is 0. The van der Waals surface area contributed by atoms with Crippen LogP contribution in [-0.2, 0) is 16.0 Å². The molecule has 0 radical (unpaired) electrons. The van der Waals surface area contributed by atoms with Gasteiger partial charge in [-0.15, -0.1) is 0 Å². The molecule has 0 fully saturated rings. The van der Waals surface area contributed by atoms with Crippen molar-refractivity contribution in [3.8, 4) is 16.9 Å². The number of hydrogen-bond acceptors (Lipinski definition) is 3. The van der Waals surface area contributed by atoms with Gasteiger partial charge in [0.15, 0.2) is 0 Å². The summed E-state index contributed by atoms with van der Waals surface area (Å²) in [5.41, 5.74) is 4.15. The van der Waals surface area contributed by atoms with E-state index in [4.69, 9.17) is 4.74 Å². The highest BCUT2D eigenvalue weighted by Gasteiger charge is 2.32. The molecule has 2 N–H and O–H groups in total. The van der Waals surface area contributed by atoms with Crippen molar-refractivity contribution in [3.05, 3.63) is 47.5 Å². The molecule has 5 nitrogen and oxygen atoms in total. The summed E-state index contributed by atoms with van der Waals surface area (Å²) in [5, 5.41) is 12.2. The van der Waals surface area contributed by atoms with E-state index >= 15 is 0 Å². The minimum Gasteiger partial charge on any atom is -0.487 e. The number of aliphatic carboxylic acids is 1. The number of rotatable bonds is 2. The van der Waals surface area contributed by atoms with Gasteiger partial charge in [0.1, 0.15) is 11.4 Å². The van der Waals surface area contributed by atoms with Gasteiger partial charge in [0.2, 0.25) is 5.91 Å². The van der Waals surface area contributed by atoms with Crippen LogP contribution in [0.5, 0.6) is 5.75 Å². The maximum atomic E-state index is 11.7. The molecule has 0 spiro atoms. The Kier molecular flexibility index (Phi) is 3.35. The zero-order valence-electron chi connectivity index (χ0n) is 14.1. The third kappa shape index (κ3) is 2.76. The maximum absolute atomic E-state index is 11.7. The van der Waals surface area contributed by atoms with E-state index in [1.807, 2.05) is 24.3 Å². The quantitative estimate of drug-likeness (QED) is 0.878. The van der Waals surface area contributed by atoms with Crippen molar-refractivity contribution in [1.82, 2.24) is 0 Å². The summed E-state index contributed by atoms with van der Waals surface area (Å²) in [5.74, 6) is -1.13. The van der Waals surface area contributed by atoms with Crippen LogP contribution in [0, 0.1) is 0 Å². The third-order valence-corrected chi connectivity index (χ3v) is 4.78. The van der Waals surface area contributed by atoms with Crippen LogP contribution in [0.1, 0.15) is 37.3 Å². The Morgan fingerprint density at radius 2 is 1.92 bits per heavy atom. The second kappa shape index (κ2) is 5.34. The first-order valence-corrected chi connectivity index (χ1v) is 8.31. The zero-order valence-corrected chi connectivity index (χ0v) is 14.1. The molecular weight excluding hydrogens is 318 g/mol. The first-order chi connectivity index (χ1) is 11.8. The molecule has 2 aliphatic heterocycles. The third-order valence-electron chi connectivity index (χ3n) is 4.78. The Labute approximate surface area is 145 Å². The lowest BCUT2D eigenvalue weighted by molar-refractivity contribution is -0.140. The predicted octanol–water partition coefficient (Wildman–Crippen LogP) is 3.58. The van der Waals surface area contributed by atoms with Crippen LogP contribution in [0.15, 0.2) is 36.4 Å². The van der Waals surface area contributed by atoms with Gasteiger partial charge in [-0.1, -0.05) is 12.1 Å². The van der Waals surface area contributed by atoms with Crippen LogP contribution in [0.2, 0.25) is 0 Å². The number of carboxylic acids is 1. The second-order valence-electron chi connectivity index (χ2n) is 7.31. The lowest BCUT2D eigenvalue weighted by atomic mass is 9.88. The fraction of sp³-hybridized carbons (Fsp3) is 0.300. The standard InChI is InChI=1S/C20H19NO4/c1-20(2)10-13-7-11(4-6-17(13)25-20)12-3-5-16-14(8-12)15(19(23)24)9-18(22)21-16/h3-8,15H,9-10H2,1-2H3,(H,21,22)(H,23,24). The first kappa shape index (κ1) is 15.7. The van der Waals surface area contributed by atoms with Gasteiger partial charge in [-0.2, -0.15) is 0 Å². The topological polar surface area (TPSA) is 75.6 Å². The number of benzene rings is 2. The van der Waals surface area contributed by atoms with E-state index < -0.39 is 11.9 Å². The molecule has 25 heavy (non-hydrogen) atoms. The highest BCUT2D eigenvalue weighted by atomic mass is 16.5. The highest BCUT2D eigenvalue weighted by molar-refractivity contribution is 6.00. The molecule has 5 heteroatoms. The fourth-order valence-electron chi connectivity index (χ4n) is 3.65. The molecule has 1 unspecified atom stereocenters. The van der Waals surface area contributed by atoms with Crippen molar-refractivity contribution >= 4 is 17.6 Å². The monoisotopic (exact) mass is 337 g/mol. The number of hydrogen-bond donors (Lipinski definition) is 2. The first-order valence-electron chi connectivity index (χ1n) is 8.31. The van der Waals surface area contributed by atoms with Gasteiger partial charge in [0.05, 0.1) is 5.92 Å². The van der Waals surface area contributed by atoms with Crippen LogP contribution in [0.25, 0.3) is 11.1 Å². The Morgan fingerprint density at radius 3 is 2.68 bits per heavy atom. The van der Waals surface area contributed by atoms with Crippen molar-refractivity contribution in [2.24, 2.45) is 0 Å². The normalized spacial score (nSPS) is 20.2. The molecule has 0 aromatic heterocycles. The van der Waals surface area contributed by atoms with Gasteiger partial charge in [-0.25, -0.2) is 0 Å². The Balaban J connectivity index is 1.75. The molecule has 0 aliphatic carbocycles. The van der Waals surface area contributed by atoms with E-state index in [1.54, 1.807) is 6.07 Å². The molecule has 2 aliphatic rings. The minimum absolute atomic E-state index is 0.0298. The number of anilines is 1. The van der Waals surface area contributed by atoms with Crippen molar-refractivity contribution in [1.29, 1.82) is 0 Å². The highest BCUT2D eigenvalue weighted by Crippen LogP contribution is 2.39. The largest absolute Gasteiger partial charge is 0.487 e. The van der Waals surface area contributed by atoms with Crippen molar-refractivity contribution < 1.29 is 19.4 Å². The fourth-order valence-corrected chi connectivity index (χ4v) is 3.65. The van der Waals surface area contributed by atoms with Gasteiger partial charge >= 0.3 is 5.97 Å².